The molecule has 1 unspecified atom stereocenters. The number of piperidine rings is 1. The summed E-state index contributed by atoms with van der Waals surface area (Å²) in [5.74, 6) is 0.896. The maximum absolute atomic E-state index is 12.6. The van der Waals surface area contributed by atoms with Crippen LogP contribution in [0.15, 0.2) is 54.7 Å². The number of carbonyl (C=O) groups is 1. The van der Waals surface area contributed by atoms with Crippen molar-refractivity contribution in [2.24, 2.45) is 5.92 Å². The van der Waals surface area contributed by atoms with Gasteiger partial charge in [-0.2, -0.15) is 0 Å². The van der Waals surface area contributed by atoms with Crippen molar-refractivity contribution in [1.29, 1.82) is 0 Å². The van der Waals surface area contributed by atoms with Crippen molar-refractivity contribution in [2.45, 2.75) is 31.7 Å². The Morgan fingerprint density at radius 3 is 2.46 bits per heavy atom. The van der Waals surface area contributed by atoms with Gasteiger partial charge in [0.2, 0.25) is 0 Å². The van der Waals surface area contributed by atoms with Crippen LogP contribution in [-0.2, 0) is 6.42 Å². The van der Waals surface area contributed by atoms with E-state index in [0.717, 1.165) is 37.9 Å². The summed E-state index contributed by atoms with van der Waals surface area (Å²) in [5.41, 5.74) is 2.02. The molecule has 4 nitrogen and oxygen atoms in total. The first-order chi connectivity index (χ1) is 12.8. The molecule has 4 heteroatoms. The van der Waals surface area contributed by atoms with Crippen LogP contribution in [-0.4, -0.2) is 52.9 Å². The molecule has 1 amide bonds. The van der Waals surface area contributed by atoms with Crippen molar-refractivity contribution in [1.82, 2.24) is 14.8 Å². The highest BCUT2D eigenvalue weighted by Gasteiger charge is 2.32. The van der Waals surface area contributed by atoms with Gasteiger partial charge in [-0.15, -0.1) is 0 Å². The first-order valence-corrected chi connectivity index (χ1v) is 9.78. The Bertz CT molecular complexity index is 711. The molecule has 0 saturated carbocycles. The summed E-state index contributed by atoms with van der Waals surface area (Å²) in [6, 6.07) is 16.5. The van der Waals surface area contributed by atoms with Crippen molar-refractivity contribution in [3.8, 4) is 0 Å². The molecule has 26 heavy (non-hydrogen) atoms. The molecule has 2 aliphatic rings. The van der Waals surface area contributed by atoms with E-state index in [0.29, 0.717) is 12.0 Å². The lowest BCUT2D eigenvalue weighted by molar-refractivity contribution is 0.0641. The van der Waals surface area contributed by atoms with Gasteiger partial charge in [0, 0.05) is 43.1 Å². The van der Waals surface area contributed by atoms with Gasteiger partial charge in [0.25, 0.3) is 5.91 Å². The van der Waals surface area contributed by atoms with Gasteiger partial charge in [-0.3, -0.25) is 14.7 Å². The van der Waals surface area contributed by atoms with Crippen LogP contribution < -0.4 is 0 Å². The van der Waals surface area contributed by atoms with Crippen molar-refractivity contribution >= 4 is 5.91 Å². The normalized spacial score (nSPS) is 21.8. The molecule has 3 heterocycles. The first kappa shape index (κ1) is 17.2. The second-order valence-electron chi connectivity index (χ2n) is 7.56. The molecule has 0 N–H and O–H groups in total. The van der Waals surface area contributed by atoms with Crippen molar-refractivity contribution in [3.05, 3.63) is 66.0 Å². The third-order valence-corrected chi connectivity index (χ3v) is 5.83. The summed E-state index contributed by atoms with van der Waals surface area (Å²) >= 11 is 0. The lowest BCUT2D eigenvalue weighted by Gasteiger charge is -2.37. The summed E-state index contributed by atoms with van der Waals surface area (Å²) < 4.78 is 0. The van der Waals surface area contributed by atoms with Crippen molar-refractivity contribution in [3.63, 3.8) is 0 Å². The van der Waals surface area contributed by atoms with Gasteiger partial charge in [-0.25, -0.2) is 0 Å². The van der Waals surface area contributed by atoms with E-state index < -0.39 is 0 Å². The third-order valence-electron chi connectivity index (χ3n) is 5.83. The minimum Gasteiger partial charge on any atom is -0.339 e. The van der Waals surface area contributed by atoms with E-state index in [4.69, 9.17) is 0 Å². The Kier molecular flexibility index (Phi) is 5.30. The first-order valence-electron chi connectivity index (χ1n) is 9.78. The average molecular weight is 349 g/mol. The minimum absolute atomic E-state index is 0.179. The Balaban J connectivity index is 1.27. The number of aromatic nitrogens is 1. The molecule has 136 valence electrons. The van der Waals surface area contributed by atoms with E-state index in [1.165, 1.54) is 25.2 Å². The fourth-order valence-corrected chi connectivity index (χ4v) is 4.37. The lowest BCUT2D eigenvalue weighted by atomic mass is 10.0. The number of hydrogen-bond donors (Lipinski definition) is 0. The zero-order chi connectivity index (χ0) is 17.8. The topological polar surface area (TPSA) is 36.4 Å². The smallest absolute Gasteiger partial charge is 0.253 e. The van der Waals surface area contributed by atoms with Crippen LogP contribution in [0.4, 0.5) is 0 Å². The Labute approximate surface area is 155 Å². The Morgan fingerprint density at radius 1 is 0.962 bits per heavy atom. The molecule has 1 aromatic heterocycles. The summed E-state index contributed by atoms with van der Waals surface area (Å²) in [5, 5.41) is 0. The Morgan fingerprint density at radius 2 is 1.73 bits per heavy atom. The molecule has 0 radical (unpaired) electrons. The van der Waals surface area contributed by atoms with Crippen LogP contribution in [0, 0.1) is 5.92 Å². The largest absolute Gasteiger partial charge is 0.339 e. The fraction of sp³-hybridized carbons (Fsp3) is 0.455. The van der Waals surface area contributed by atoms with Crippen LogP contribution in [0.3, 0.4) is 0 Å². The molecule has 1 aromatic carbocycles. The van der Waals surface area contributed by atoms with Crippen molar-refractivity contribution in [2.75, 3.05) is 26.2 Å². The Hall–Kier alpha value is -2.20. The van der Waals surface area contributed by atoms with Crippen molar-refractivity contribution < 1.29 is 4.79 Å². The van der Waals surface area contributed by atoms with Gasteiger partial charge < -0.3 is 4.90 Å². The average Bonchev–Trinajstić information content (AvgIpc) is 3.17. The van der Waals surface area contributed by atoms with Gasteiger partial charge in [0.1, 0.15) is 0 Å². The molecule has 2 saturated heterocycles. The molecule has 2 aromatic rings. The molecule has 2 fully saturated rings. The number of nitrogens with zero attached hydrogens (tertiary/aromatic N) is 3. The number of pyridine rings is 1. The summed E-state index contributed by atoms with van der Waals surface area (Å²) in [4.78, 5) is 21.7. The van der Waals surface area contributed by atoms with E-state index in [2.05, 4.69) is 22.0 Å². The number of rotatable bonds is 4. The quantitative estimate of drug-likeness (QED) is 0.850. The minimum atomic E-state index is 0.179. The summed E-state index contributed by atoms with van der Waals surface area (Å²) in [7, 11) is 0. The predicted octanol–water partition coefficient (Wildman–Crippen LogP) is 3.25. The highest BCUT2D eigenvalue weighted by atomic mass is 16.2. The second kappa shape index (κ2) is 8.00. The summed E-state index contributed by atoms with van der Waals surface area (Å²) in [6.45, 7) is 4.11. The van der Waals surface area contributed by atoms with Gasteiger partial charge in [0.15, 0.2) is 0 Å². The monoisotopic (exact) mass is 349 g/mol. The van der Waals surface area contributed by atoms with Crippen LogP contribution in [0.25, 0.3) is 0 Å². The molecule has 0 aliphatic carbocycles. The number of benzene rings is 1. The molecule has 0 bridgehead atoms. The molecular weight excluding hydrogens is 322 g/mol. The van der Waals surface area contributed by atoms with E-state index in [-0.39, 0.29) is 5.91 Å². The molecule has 0 spiro atoms. The lowest BCUT2D eigenvalue weighted by Crippen LogP contribution is -2.46. The second-order valence-corrected chi connectivity index (χ2v) is 7.56. The number of amides is 1. The number of likely N-dealkylation sites (tertiary alicyclic amines) is 2. The molecule has 4 rings (SSSR count). The van der Waals surface area contributed by atoms with Gasteiger partial charge in [-0.1, -0.05) is 24.3 Å². The third kappa shape index (κ3) is 3.96. The van der Waals surface area contributed by atoms with Crippen LogP contribution in [0.1, 0.15) is 35.3 Å². The van der Waals surface area contributed by atoms with Gasteiger partial charge in [0.05, 0.1) is 0 Å². The SMILES string of the molecule is O=C(c1ccccc1)N1CCC(N2CCC(Cc3ccccn3)C2)CC1. The maximum atomic E-state index is 12.6. The zero-order valence-corrected chi connectivity index (χ0v) is 15.3. The van der Waals surface area contributed by atoms with E-state index in [1.54, 1.807) is 0 Å². The molecular formula is C22H27N3O. The zero-order valence-electron chi connectivity index (χ0n) is 15.3. The van der Waals surface area contributed by atoms with Crippen LogP contribution in [0.5, 0.6) is 0 Å². The number of hydrogen-bond acceptors (Lipinski definition) is 3. The molecule has 2 aliphatic heterocycles. The fourth-order valence-electron chi connectivity index (χ4n) is 4.37. The standard InChI is InChI=1S/C22H27N3O/c26-22(19-6-2-1-3-7-19)24-14-10-21(11-15-24)25-13-9-18(17-25)16-20-8-4-5-12-23-20/h1-8,12,18,21H,9-11,13-17H2. The van der Waals surface area contributed by atoms with Gasteiger partial charge >= 0.3 is 0 Å². The van der Waals surface area contributed by atoms with E-state index >= 15 is 0 Å². The van der Waals surface area contributed by atoms with E-state index in [9.17, 15) is 4.79 Å². The highest BCUT2D eigenvalue weighted by Crippen LogP contribution is 2.26. The predicted molar refractivity (Wildman–Crippen MR) is 103 cm³/mol. The van der Waals surface area contributed by atoms with Gasteiger partial charge in [-0.05, 0) is 62.4 Å². The summed E-state index contributed by atoms with van der Waals surface area (Å²) in [6.07, 6.45) is 6.42. The van der Waals surface area contributed by atoms with E-state index in [1.807, 2.05) is 47.5 Å². The highest BCUT2D eigenvalue weighted by molar-refractivity contribution is 5.94. The molecule has 1 atom stereocenters. The maximum Gasteiger partial charge on any atom is 0.253 e. The number of carbonyl (C=O) groups excluding carboxylic acids is 1. The van der Waals surface area contributed by atoms with Crippen LogP contribution in [0.2, 0.25) is 0 Å². The van der Waals surface area contributed by atoms with Crippen LogP contribution >= 0.6 is 0 Å².